The lowest BCUT2D eigenvalue weighted by Crippen LogP contribution is -2.40. The van der Waals surface area contributed by atoms with Crippen molar-refractivity contribution in [1.29, 1.82) is 0 Å². The molecular weight excluding hydrogens is 346 g/mol. The first-order chi connectivity index (χ1) is 12.6. The van der Waals surface area contributed by atoms with Crippen molar-refractivity contribution in [3.63, 3.8) is 0 Å². The molecule has 27 heavy (non-hydrogen) atoms. The highest BCUT2D eigenvalue weighted by Gasteiger charge is 2.30. The normalized spacial score (nSPS) is 13.9. The van der Waals surface area contributed by atoms with Gasteiger partial charge < -0.3 is 20.7 Å². The Morgan fingerprint density at radius 2 is 2.07 bits per heavy atom. The second-order valence-corrected chi connectivity index (χ2v) is 7.73. The van der Waals surface area contributed by atoms with Crippen LogP contribution in [0.15, 0.2) is 18.2 Å². The molecule has 0 saturated heterocycles. The van der Waals surface area contributed by atoms with E-state index in [1.807, 2.05) is 33.8 Å². The van der Waals surface area contributed by atoms with Crippen molar-refractivity contribution in [2.45, 2.75) is 46.3 Å². The second-order valence-electron chi connectivity index (χ2n) is 7.73. The number of fused-ring (bicyclic) bond motifs is 1. The van der Waals surface area contributed by atoms with Gasteiger partial charge in [0.15, 0.2) is 5.69 Å². The summed E-state index contributed by atoms with van der Waals surface area (Å²) in [6.07, 6.45) is 0.185. The van der Waals surface area contributed by atoms with E-state index in [1.165, 1.54) is 0 Å². The summed E-state index contributed by atoms with van der Waals surface area (Å²) in [5.41, 5.74) is 9.25. The van der Waals surface area contributed by atoms with Crippen molar-refractivity contribution in [2.75, 3.05) is 17.6 Å². The Bertz CT molecular complexity index is 882. The lowest BCUT2D eigenvalue weighted by molar-refractivity contribution is 0.0222. The SMILES string of the molecule is Cc1ccc(NC(=O)c2n[nH]c3c2CN(C(=O)OC(C)(C)C)CC3)c(N)c1. The maximum atomic E-state index is 12.7. The fourth-order valence-electron chi connectivity index (χ4n) is 2.94. The third kappa shape index (κ3) is 4.21. The number of ether oxygens (including phenoxy) is 1. The minimum absolute atomic E-state index is 0.262. The molecule has 4 N–H and O–H groups in total. The zero-order valence-electron chi connectivity index (χ0n) is 16.0. The van der Waals surface area contributed by atoms with E-state index in [-0.39, 0.29) is 18.1 Å². The number of hydrogen-bond donors (Lipinski definition) is 3. The topological polar surface area (TPSA) is 113 Å². The third-order valence-electron chi connectivity index (χ3n) is 4.26. The standard InChI is InChI=1S/C19H25N5O3/c1-11-5-6-15(13(20)9-11)21-17(25)16-12-10-24(8-7-14(12)22-23-16)18(26)27-19(2,3)4/h5-6,9H,7-8,10,20H2,1-4H3,(H,21,25)(H,22,23). The molecule has 1 aliphatic heterocycles. The number of hydrogen-bond acceptors (Lipinski definition) is 5. The summed E-state index contributed by atoms with van der Waals surface area (Å²) < 4.78 is 5.43. The van der Waals surface area contributed by atoms with E-state index >= 15 is 0 Å². The van der Waals surface area contributed by atoms with Crippen LogP contribution < -0.4 is 11.1 Å². The summed E-state index contributed by atoms with van der Waals surface area (Å²) in [6, 6.07) is 5.42. The maximum absolute atomic E-state index is 12.7. The number of carbonyl (C=O) groups excluding carboxylic acids is 2. The number of aromatic amines is 1. The quantitative estimate of drug-likeness (QED) is 0.703. The summed E-state index contributed by atoms with van der Waals surface area (Å²) in [4.78, 5) is 26.6. The van der Waals surface area contributed by atoms with E-state index in [2.05, 4.69) is 15.5 Å². The van der Waals surface area contributed by atoms with Gasteiger partial charge in [0.25, 0.3) is 5.91 Å². The molecule has 2 amide bonds. The minimum Gasteiger partial charge on any atom is -0.444 e. The second kappa shape index (κ2) is 6.94. The summed E-state index contributed by atoms with van der Waals surface area (Å²) in [5, 5.41) is 9.85. The number of nitrogen functional groups attached to an aromatic ring is 1. The summed E-state index contributed by atoms with van der Waals surface area (Å²) >= 11 is 0. The summed E-state index contributed by atoms with van der Waals surface area (Å²) in [7, 11) is 0. The predicted octanol–water partition coefficient (Wildman–Crippen LogP) is 2.85. The van der Waals surface area contributed by atoms with E-state index in [0.29, 0.717) is 29.9 Å². The molecule has 2 aromatic rings. The predicted molar refractivity (Wildman–Crippen MR) is 102 cm³/mol. The van der Waals surface area contributed by atoms with Crippen LogP contribution in [-0.4, -0.2) is 39.2 Å². The largest absolute Gasteiger partial charge is 0.444 e. The number of carbonyl (C=O) groups is 2. The van der Waals surface area contributed by atoms with Gasteiger partial charge >= 0.3 is 6.09 Å². The van der Waals surface area contributed by atoms with Gasteiger partial charge in [-0.15, -0.1) is 0 Å². The van der Waals surface area contributed by atoms with Crippen molar-refractivity contribution in [3.05, 3.63) is 40.7 Å². The van der Waals surface area contributed by atoms with Gasteiger partial charge in [-0.25, -0.2) is 4.79 Å². The van der Waals surface area contributed by atoms with Crippen LogP contribution in [-0.2, 0) is 17.7 Å². The number of aromatic nitrogens is 2. The Kier molecular flexibility index (Phi) is 4.82. The number of nitrogens with one attached hydrogen (secondary N) is 2. The third-order valence-corrected chi connectivity index (χ3v) is 4.26. The molecule has 0 unspecified atom stereocenters. The van der Waals surface area contributed by atoms with E-state index in [4.69, 9.17) is 10.5 Å². The fourth-order valence-corrected chi connectivity index (χ4v) is 2.94. The lowest BCUT2D eigenvalue weighted by atomic mass is 10.1. The van der Waals surface area contributed by atoms with E-state index < -0.39 is 11.7 Å². The lowest BCUT2D eigenvalue weighted by Gasteiger charge is -2.30. The molecule has 0 fully saturated rings. The molecule has 0 bridgehead atoms. The van der Waals surface area contributed by atoms with E-state index in [1.54, 1.807) is 17.0 Å². The molecule has 8 heteroatoms. The molecule has 1 aliphatic rings. The molecule has 0 radical (unpaired) electrons. The van der Waals surface area contributed by atoms with Crippen LogP contribution in [0.25, 0.3) is 0 Å². The highest BCUT2D eigenvalue weighted by molar-refractivity contribution is 6.05. The van der Waals surface area contributed by atoms with Crippen LogP contribution in [0.4, 0.5) is 16.2 Å². The van der Waals surface area contributed by atoms with Crippen molar-refractivity contribution in [1.82, 2.24) is 15.1 Å². The number of H-pyrrole nitrogens is 1. The fraction of sp³-hybridized carbons (Fsp3) is 0.421. The summed E-state index contributed by atoms with van der Waals surface area (Å²) in [6.45, 7) is 8.18. The van der Waals surface area contributed by atoms with Crippen LogP contribution in [0.3, 0.4) is 0 Å². The van der Waals surface area contributed by atoms with Gasteiger partial charge in [-0.05, 0) is 45.4 Å². The van der Waals surface area contributed by atoms with Crippen LogP contribution in [0.2, 0.25) is 0 Å². The molecule has 1 aromatic heterocycles. The Labute approximate surface area is 158 Å². The monoisotopic (exact) mass is 371 g/mol. The zero-order valence-corrected chi connectivity index (χ0v) is 16.0. The molecule has 3 rings (SSSR count). The number of aryl methyl sites for hydroxylation is 1. The van der Waals surface area contributed by atoms with Gasteiger partial charge in [0.05, 0.1) is 17.9 Å². The van der Waals surface area contributed by atoms with Crippen molar-refractivity contribution in [3.8, 4) is 0 Å². The Morgan fingerprint density at radius 3 is 2.74 bits per heavy atom. The Balaban J connectivity index is 1.77. The minimum atomic E-state index is -0.572. The van der Waals surface area contributed by atoms with Crippen molar-refractivity contribution >= 4 is 23.4 Å². The number of nitrogens with zero attached hydrogens (tertiary/aromatic N) is 2. The van der Waals surface area contributed by atoms with Crippen LogP contribution in [0.1, 0.15) is 48.1 Å². The Hall–Kier alpha value is -3.03. The van der Waals surface area contributed by atoms with Crippen LogP contribution in [0.5, 0.6) is 0 Å². The molecule has 0 saturated carbocycles. The maximum Gasteiger partial charge on any atom is 0.410 e. The molecule has 0 atom stereocenters. The van der Waals surface area contributed by atoms with Gasteiger partial charge in [-0.3, -0.25) is 9.89 Å². The highest BCUT2D eigenvalue weighted by atomic mass is 16.6. The van der Waals surface area contributed by atoms with E-state index in [0.717, 1.165) is 11.3 Å². The molecule has 0 spiro atoms. The zero-order chi connectivity index (χ0) is 19.8. The molecule has 0 aliphatic carbocycles. The van der Waals surface area contributed by atoms with Gasteiger partial charge in [-0.1, -0.05) is 6.07 Å². The average molecular weight is 371 g/mol. The molecular formula is C19H25N5O3. The molecule has 8 nitrogen and oxygen atoms in total. The van der Waals surface area contributed by atoms with Crippen LogP contribution in [0, 0.1) is 6.92 Å². The number of nitrogens with two attached hydrogens (primary N) is 1. The van der Waals surface area contributed by atoms with Gasteiger partial charge in [0.1, 0.15) is 5.60 Å². The number of rotatable bonds is 2. The van der Waals surface area contributed by atoms with Gasteiger partial charge in [0, 0.05) is 24.2 Å². The van der Waals surface area contributed by atoms with E-state index in [9.17, 15) is 9.59 Å². The number of anilines is 2. The summed E-state index contributed by atoms with van der Waals surface area (Å²) in [5.74, 6) is -0.367. The van der Waals surface area contributed by atoms with Gasteiger partial charge in [-0.2, -0.15) is 5.10 Å². The Morgan fingerprint density at radius 1 is 1.33 bits per heavy atom. The molecule has 1 aromatic carbocycles. The number of benzene rings is 1. The van der Waals surface area contributed by atoms with Crippen LogP contribution >= 0.6 is 0 Å². The first-order valence-electron chi connectivity index (χ1n) is 8.85. The average Bonchev–Trinajstić information content (AvgIpc) is 2.99. The van der Waals surface area contributed by atoms with Gasteiger partial charge in [0.2, 0.25) is 0 Å². The molecule has 2 heterocycles. The number of amides is 2. The first-order valence-corrected chi connectivity index (χ1v) is 8.85. The first kappa shape index (κ1) is 18.8. The van der Waals surface area contributed by atoms with Crippen molar-refractivity contribution < 1.29 is 14.3 Å². The molecule has 144 valence electrons. The van der Waals surface area contributed by atoms with Crippen molar-refractivity contribution in [2.24, 2.45) is 0 Å². The highest BCUT2D eigenvalue weighted by Crippen LogP contribution is 2.25. The smallest absolute Gasteiger partial charge is 0.410 e.